The predicted molar refractivity (Wildman–Crippen MR) is 114 cm³/mol. The number of nitrogens with zero attached hydrogens (tertiary/aromatic N) is 3. The van der Waals surface area contributed by atoms with E-state index in [1.54, 1.807) is 27.8 Å². The van der Waals surface area contributed by atoms with Gasteiger partial charge in [-0.2, -0.15) is 13.9 Å². The van der Waals surface area contributed by atoms with E-state index in [2.05, 4.69) is 9.84 Å². The second-order valence-electron chi connectivity index (χ2n) is 8.10. The number of halogens is 4. The van der Waals surface area contributed by atoms with Crippen LogP contribution in [0.25, 0.3) is 11.3 Å². The molecule has 2 atom stereocenters. The quantitative estimate of drug-likeness (QED) is 0.641. The van der Waals surface area contributed by atoms with E-state index in [1.807, 2.05) is 0 Å². The number of alkyl halides is 2. The van der Waals surface area contributed by atoms with Crippen molar-refractivity contribution in [3.8, 4) is 11.3 Å². The van der Waals surface area contributed by atoms with Crippen molar-refractivity contribution < 1.29 is 23.1 Å². The summed E-state index contributed by atoms with van der Waals surface area (Å²) in [5.74, 6) is -0.748. The Hall–Kier alpha value is -2.23. The van der Waals surface area contributed by atoms with E-state index in [0.717, 1.165) is 12.8 Å². The standard InChI is InChI=1S/C21H22Cl2F2N4O3/c22-14-4-3-12(7-15(14)23)19-18(20(26)31)16-9-28(5-6-29(16)27-19)17(30)8-11-1-2-13(11)10-32-21(24)25/h3-4,7,11,13,21H,1-2,5-6,8-10H2,(H2,26,31)/t11-,13?/m0/s1. The zero-order valence-corrected chi connectivity index (χ0v) is 18.6. The van der Waals surface area contributed by atoms with Gasteiger partial charge in [0.25, 0.3) is 5.91 Å². The third kappa shape index (κ3) is 4.60. The summed E-state index contributed by atoms with van der Waals surface area (Å²) in [5.41, 5.74) is 7.46. The first-order valence-electron chi connectivity index (χ1n) is 10.3. The molecule has 0 bridgehead atoms. The highest BCUT2D eigenvalue weighted by Gasteiger charge is 2.36. The second kappa shape index (κ2) is 9.33. The molecule has 172 valence electrons. The second-order valence-corrected chi connectivity index (χ2v) is 8.91. The van der Waals surface area contributed by atoms with Crippen molar-refractivity contribution in [1.82, 2.24) is 14.7 Å². The molecule has 0 radical (unpaired) electrons. The minimum atomic E-state index is -2.80. The molecular weight excluding hydrogens is 465 g/mol. The summed E-state index contributed by atoms with van der Waals surface area (Å²) < 4.78 is 30.7. The first-order chi connectivity index (χ1) is 15.2. The molecule has 2 aliphatic rings. The van der Waals surface area contributed by atoms with Gasteiger partial charge in [0, 0.05) is 18.5 Å². The molecule has 7 nitrogen and oxygen atoms in total. The van der Waals surface area contributed by atoms with Gasteiger partial charge in [0.1, 0.15) is 5.69 Å². The Kier molecular flexibility index (Phi) is 6.69. The van der Waals surface area contributed by atoms with Crippen LogP contribution in [-0.4, -0.2) is 46.3 Å². The summed E-state index contributed by atoms with van der Waals surface area (Å²) in [5, 5.41) is 5.24. The summed E-state index contributed by atoms with van der Waals surface area (Å²) in [6.07, 6.45) is 1.84. The lowest BCUT2D eigenvalue weighted by molar-refractivity contribution is -0.153. The summed E-state index contributed by atoms with van der Waals surface area (Å²) in [6, 6.07) is 4.94. The molecule has 11 heteroatoms. The van der Waals surface area contributed by atoms with E-state index in [4.69, 9.17) is 28.9 Å². The number of ether oxygens (including phenoxy) is 1. The minimum absolute atomic E-state index is 0.0236. The smallest absolute Gasteiger partial charge is 0.345 e. The maximum absolute atomic E-state index is 12.9. The highest BCUT2D eigenvalue weighted by molar-refractivity contribution is 6.42. The number of hydrogen-bond donors (Lipinski definition) is 1. The number of aromatic nitrogens is 2. The van der Waals surface area contributed by atoms with Crippen LogP contribution >= 0.6 is 23.2 Å². The first kappa shape index (κ1) is 22.9. The predicted octanol–water partition coefficient (Wildman–Crippen LogP) is 3.95. The van der Waals surface area contributed by atoms with Crippen molar-refractivity contribution in [2.24, 2.45) is 17.6 Å². The van der Waals surface area contributed by atoms with Crippen LogP contribution in [0.2, 0.25) is 10.0 Å². The summed E-state index contributed by atoms with van der Waals surface area (Å²) in [7, 11) is 0. The van der Waals surface area contributed by atoms with Crippen LogP contribution in [-0.2, 0) is 22.6 Å². The molecule has 1 aliphatic carbocycles. The molecule has 1 aromatic carbocycles. The topological polar surface area (TPSA) is 90.5 Å². The Balaban J connectivity index is 1.51. The largest absolute Gasteiger partial charge is 0.365 e. The molecule has 2 N–H and O–H groups in total. The monoisotopic (exact) mass is 486 g/mol. The molecule has 32 heavy (non-hydrogen) atoms. The minimum Gasteiger partial charge on any atom is -0.365 e. The SMILES string of the molecule is NC(=O)c1c(-c2ccc(Cl)c(Cl)c2)nn2c1CN(C(=O)C[C@@H]1CCC1COC(F)F)CC2. The van der Waals surface area contributed by atoms with Crippen LogP contribution < -0.4 is 5.73 Å². The lowest BCUT2D eigenvalue weighted by Gasteiger charge is -2.37. The van der Waals surface area contributed by atoms with E-state index in [-0.39, 0.29) is 42.9 Å². The Morgan fingerprint density at radius 3 is 2.56 bits per heavy atom. The highest BCUT2D eigenvalue weighted by Crippen LogP contribution is 2.38. The average Bonchev–Trinajstić information content (AvgIpc) is 3.11. The van der Waals surface area contributed by atoms with Gasteiger partial charge >= 0.3 is 6.61 Å². The zero-order chi connectivity index (χ0) is 23.0. The van der Waals surface area contributed by atoms with Crippen LogP contribution in [0.15, 0.2) is 18.2 Å². The number of rotatable bonds is 7. The summed E-state index contributed by atoms with van der Waals surface area (Å²) >= 11 is 12.1. The van der Waals surface area contributed by atoms with Gasteiger partial charge in [-0.05, 0) is 36.8 Å². The van der Waals surface area contributed by atoms with Gasteiger partial charge < -0.3 is 15.4 Å². The molecule has 1 aliphatic heterocycles. The number of amides is 2. The van der Waals surface area contributed by atoms with Gasteiger partial charge in [0.2, 0.25) is 5.91 Å². The molecule has 2 amide bonds. The van der Waals surface area contributed by atoms with Crippen LogP contribution in [0.1, 0.15) is 35.3 Å². The molecule has 2 heterocycles. The summed E-state index contributed by atoms with van der Waals surface area (Å²) in [6.45, 7) is -1.81. The van der Waals surface area contributed by atoms with Crippen molar-refractivity contribution in [3.63, 3.8) is 0 Å². The number of hydrogen-bond acceptors (Lipinski definition) is 4. The number of primary amides is 1. The molecule has 4 rings (SSSR count). The van der Waals surface area contributed by atoms with Gasteiger partial charge in [-0.1, -0.05) is 29.3 Å². The van der Waals surface area contributed by atoms with Crippen LogP contribution in [0.3, 0.4) is 0 Å². The number of nitrogens with two attached hydrogens (primary N) is 1. The fourth-order valence-electron chi connectivity index (χ4n) is 4.31. The molecule has 1 unspecified atom stereocenters. The Labute approximate surface area is 193 Å². The van der Waals surface area contributed by atoms with Crippen LogP contribution in [0.4, 0.5) is 8.78 Å². The zero-order valence-electron chi connectivity index (χ0n) is 17.1. The fraction of sp³-hybridized carbons (Fsp3) is 0.476. The van der Waals surface area contributed by atoms with Gasteiger partial charge in [-0.25, -0.2) is 0 Å². The van der Waals surface area contributed by atoms with Crippen molar-refractivity contribution >= 4 is 35.0 Å². The molecular formula is C21H22Cl2F2N4O3. The van der Waals surface area contributed by atoms with E-state index in [9.17, 15) is 18.4 Å². The number of fused-ring (bicyclic) bond motifs is 1. The maximum Gasteiger partial charge on any atom is 0.345 e. The fourth-order valence-corrected chi connectivity index (χ4v) is 4.61. The number of benzene rings is 1. The van der Waals surface area contributed by atoms with E-state index in [1.165, 1.54) is 0 Å². The van der Waals surface area contributed by atoms with Gasteiger partial charge in [-0.3, -0.25) is 14.3 Å². The van der Waals surface area contributed by atoms with Gasteiger partial charge in [0.05, 0.1) is 41.0 Å². The van der Waals surface area contributed by atoms with Crippen LogP contribution in [0, 0.1) is 11.8 Å². The lowest BCUT2D eigenvalue weighted by atomic mass is 9.72. The summed E-state index contributed by atoms with van der Waals surface area (Å²) in [4.78, 5) is 26.8. The molecule has 0 spiro atoms. The Morgan fingerprint density at radius 2 is 1.94 bits per heavy atom. The van der Waals surface area contributed by atoms with Gasteiger partial charge in [0.15, 0.2) is 0 Å². The molecule has 2 aromatic rings. The Bertz CT molecular complexity index is 1050. The highest BCUT2D eigenvalue weighted by atomic mass is 35.5. The van der Waals surface area contributed by atoms with E-state index in [0.29, 0.717) is 40.1 Å². The first-order valence-corrected chi connectivity index (χ1v) is 11.0. The normalized spacial score (nSPS) is 20.2. The van der Waals surface area contributed by atoms with Gasteiger partial charge in [-0.15, -0.1) is 0 Å². The van der Waals surface area contributed by atoms with Crippen molar-refractivity contribution in [3.05, 3.63) is 39.5 Å². The van der Waals surface area contributed by atoms with E-state index < -0.39 is 12.5 Å². The lowest BCUT2D eigenvalue weighted by Crippen LogP contribution is -2.42. The van der Waals surface area contributed by atoms with Crippen molar-refractivity contribution in [2.45, 2.75) is 39.0 Å². The molecule has 1 aromatic heterocycles. The maximum atomic E-state index is 12.9. The molecule has 0 saturated heterocycles. The average molecular weight is 487 g/mol. The third-order valence-electron chi connectivity index (χ3n) is 6.22. The number of carbonyl (C=O) groups excluding carboxylic acids is 2. The van der Waals surface area contributed by atoms with Crippen LogP contribution in [0.5, 0.6) is 0 Å². The molecule has 1 fully saturated rings. The Morgan fingerprint density at radius 1 is 1.19 bits per heavy atom. The molecule has 1 saturated carbocycles. The van der Waals surface area contributed by atoms with Crippen molar-refractivity contribution in [2.75, 3.05) is 13.2 Å². The number of carbonyl (C=O) groups is 2. The third-order valence-corrected chi connectivity index (χ3v) is 6.96. The van der Waals surface area contributed by atoms with Crippen molar-refractivity contribution in [1.29, 1.82) is 0 Å². The van der Waals surface area contributed by atoms with E-state index >= 15 is 0 Å².